The molecule has 2 aromatic heterocycles. The van der Waals surface area contributed by atoms with Crippen LogP contribution in [0.25, 0.3) is 11.4 Å². The maximum Gasteiger partial charge on any atom is 0.230 e. The quantitative estimate of drug-likeness (QED) is 0.615. The highest BCUT2D eigenvalue weighted by atomic mass is 32.2. The molecule has 7 heteroatoms. The number of furan rings is 1. The van der Waals surface area contributed by atoms with Crippen molar-refractivity contribution in [2.45, 2.75) is 25.5 Å². The van der Waals surface area contributed by atoms with Crippen molar-refractivity contribution in [3.63, 3.8) is 0 Å². The zero-order valence-electron chi connectivity index (χ0n) is 14.9. The summed E-state index contributed by atoms with van der Waals surface area (Å²) < 4.78 is 7.46. The minimum Gasteiger partial charge on any atom is -0.467 e. The second-order valence-corrected chi connectivity index (χ2v) is 7.27. The van der Waals surface area contributed by atoms with Gasteiger partial charge in [0.15, 0.2) is 11.0 Å². The Morgan fingerprint density at radius 2 is 2.00 bits per heavy atom. The van der Waals surface area contributed by atoms with Crippen molar-refractivity contribution in [3.05, 3.63) is 54.5 Å². The Labute approximate surface area is 157 Å². The number of rotatable bonds is 8. The van der Waals surface area contributed by atoms with E-state index in [2.05, 4.69) is 29.4 Å². The van der Waals surface area contributed by atoms with Crippen LogP contribution in [-0.2, 0) is 11.3 Å². The highest BCUT2D eigenvalue weighted by Gasteiger charge is 2.16. The molecule has 1 N–H and O–H groups in total. The van der Waals surface area contributed by atoms with Crippen LogP contribution >= 0.6 is 11.8 Å². The lowest BCUT2D eigenvalue weighted by molar-refractivity contribution is -0.118. The SMILES string of the molecule is CC(C)CNC(=O)CSc1nnc(-c2ccccc2)n1Cc1ccco1. The van der Waals surface area contributed by atoms with Crippen molar-refractivity contribution >= 4 is 17.7 Å². The lowest BCUT2D eigenvalue weighted by Crippen LogP contribution is -2.28. The molecule has 0 atom stereocenters. The summed E-state index contributed by atoms with van der Waals surface area (Å²) in [5, 5.41) is 12.2. The van der Waals surface area contributed by atoms with E-state index in [1.165, 1.54) is 11.8 Å². The van der Waals surface area contributed by atoms with Crippen LogP contribution < -0.4 is 5.32 Å². The van der Waals surface area contributed by atoms with Crippen LogP contribution in [0, 0.1) is 5.92 Å². The molecule has 3 aromatic rings. The molecule has 1 aromatic carbocycles. The van der Waals surface area contributed by atoms with E-state index in [1.807, 2.05) is 47.0 Å². The first-order valence-corrected chi connectivity index (χ1v) is 9.52. The number of aromatic nitrogens is 3. The van der Waals surface area contributed by atoms with Gasteiger partial charge < -0.3 is 9.73 Å². The summed E-state index contributed by atoms with van der Waals surface area (Å²) in [5.41, 5.74) is 0.975. The van der Waals surface area contributed by atoms with E-state index in [4.69, 9.17) is 4.42 Å². The predicted molar refractivity (Wildman–Crippen MR) is 102 cm³/mol. The Hall–Kier alpha value is -2.54. The molecule has 0 fully saturated rings. The fourth-order valence-electron chi connectivity index (χ4n) is 2.40. The standard InChI is InChI=1S/C19H22N4O2S/c1-14(2)11-20-17(24)13-26-19-22-21-18(15-7-4-3-5-8-15)23(19)12-16-9-6-10-25-16/h3-10,14H,11-13H2,1-2H3,(H,20,24). The fraction of sp³-hybridized carbons (Fsp3) is 0.316. The van der Waals surface area contributed by atoms with Gasteiger partial charge in [0.1, 0.15) is 5.76 Å². The Morgan fingerprint density at radius 1 is 1.19 bits per heavy atom. The topological polar surface area (TPSA) is 73.0 Å². The second-order valence-electron chi connectivity index (χ2n) is 6.32. The van der Waals surface area contributed by atoms with Crippen LogP contribution in [0.15, 0.2) is 58.3 Å². The molecule has 0 spiro atoms. The molecule has 0 aliphatic heterocycles. The summed E-state index contributed by atoms with van der Waals surface area (Å²) >= 11 is 1.38. The van der Waals surface area contributed by atoms with Crippen molar-refractivity contribution in [2.24, 2.45) is 5.92 Å². The van der Waals surface area contributed by atoms with Gasteiger partial charge in [-0.05, 0) is 18.1 Å². The van der Waals surface area contributed by atoms with Crippen molar-refractivity contribution in [3.8, 4) is 11.4 Å². The van der Waals surface area contributed by atoms with Crippen molar-refractivity contribution < 1.29 is 9.21 Å². The molecule has 3 rings (SSSR count). The molecule has 0 aliphatic rings. The van der Waals surface area contributed by atoms with Gasteiger partial charge in [0.25, 0.3) is 0 Å². The van der Waals surface area contributed by atoms with Gasteiger partial charge in [-0.3, -0.25) is 9.36 Å². The zero-order chi connectivity index (χ0) is 18.4. The molecule has 6 nitrogen and oxygen atoms in total. The van der Waals surface area contributed by atoms with Crippen LogP contribution in [-0.4, -0.2) is 33.0 Å². The molecule has 0 saturated heterocycles. The van der Waals surface area contributed by atoms with E-state index in [9.17, 15) is 4.79 Å². The summed E-state index contributed by atoms with van der Waals surface area (Å²) in [6, 6.07) is 13.7. The van der Waals surface area contributed by atoms with Gasteiger partial charge in [-0.25, -0.2) is 0 Å². The average molecular weight is 370 g/mol. The molecule has 136 valence electrons. The van der Waals surface area contributed by atoms with Gasteiger partial charge in [0.05, 0.1) is 18.6 Å². The second kappa shape index (κ2) is 8.71. The van der Waals surface area contributed by atoms with E-state index in [0.29, 0.717) is 29.9 Å². The number of benzene rings is 1. The number of nitrogens with zero attached hydrogens (tertiary/aromatic N) is 3. The molecular weight excluding hydrogens is 348 g/mol. The Morgan fingerprint density at radius 3 is 2.69 bits per heavy atom. The van der Waals surface area contributed by atoms with E-state index in [1.54, 1.807) is 6.26 Å². The maximum absolute atomic E-state index is 12.0. The number of carbonyl (C=O) groups is 1. The Balaban J connectivity index is 1.78. The predicted octanol–water partition coefficient (Wildman–Crippen LogP) is 3.45. The summed E-state index contributed by atoms with van der Waals surface area (Å²) in [6.07, 6.45) is 1.65. The third-order valence-corrected chi connectivity index (χ3v) is 4.65. The zero-order valence-corrected chi connectivity index (χ0v) is 15.7. The van der Waals surface area contributed by atoms with Crippen molar-refractivity contribution in [1.82, 2.24) is 20.1 Å². The third kappa shape index (κ3) is 4.76. The first-order valence-electron chi connectivity index (χ1n) is 8.54. The van der Waals surface area contributed by atoms with Gasteiger partial charge in [0, 0.05) is 12.1 Å². The van der Waals surface area contributed by atoms with E-state index < -0.39 is 0 Å². The Bertz CT molecular complexity index is 829. The number of thioether (sulfide) groups is 1. The van der Waals surface area contributed by atoms with Gasteiger partial charge >= 0.3 is 0 Å². The van der Waals surface area contributed by atoms with Crippen molar-refractivity contribution in [2.75, 3.05) is 12.3 Å². The number of hydrogen-bond acceptors (Lipinski definition) is 5. The van der Waals surface area contributed by atoms with Crippen LogP contribution in [0.5, 0.6) is 0 Å². The molecule has 0 bridgehead atoms. The lowest BCUT2D eigenvalue weighted by Gasteiger charge is -2.10. The largest absolute Gasteiger partial charge is 0.467 e. The van der Waals surface area contributed by atoms with E-state index >= 15 is 0 Å². The first-order chi connectivity index (χ1) is 12.6. The summed E-state index contributed by atoms with van der Waals surface area (Å²) in [7, 11) is 0. The highest BCUT2D eigenvalue weighted by molar-refractivity contribution is 7.99. The summed E-state index contributed by atoms with van der Waals surface area (Å²) in [6.45, 7) is 5.33. The molecular formula is C19H22N4O2S. The van der Waals surface area contributed by atoms with Crippen LogP contribution in [0.4, 0.5) is 0 Å². The van der Waals surface area contributed by atoms with Crippen LogP contribution in [0.2, 0.25) is 0 Å². The van der Waals surface area contributed by atoms with Crippen molar-refractivity contribution in [1.29, 1.82) is 0 Å². The number of nitrogens with one attached hydrogen (secondary N) is 1. The third-order valence-electron chi connectivity index (χ3n) is 3.68. The number of amides is 1. The summed E-state index contributed by atoms with van der Waals surface area (Å²) in [4.78, 5) is 12.0. The van der Waals surface area contributed by atoms with Crippen LogP contribution in [0.1, 0.15) is 19.6 Å². The van der Waals surface area contributed by atoms with Gasteiger partial charge in [0.2, 0.25) is 5.91 Å². The molecule has 26 heavy (non-hydrogen) atoms. The summed E-state index contributed by atoms with van der Waals surface area (Å²) in [5.74, 6) is 2.30. The minimum atomic E-state index is -0.00231. The number of carbonyl (C=O) groups excluding carboxylic acids is 1. The molecule has 2 heterocycles. The molecule has 0 unspecified atom stereocenters. The highest BCUT2D eigenvalue weighted by Crippen LogP contribution is 2.25. The van der Waals surface area contributed by atoms with Crippen LogP contribution in [0.3, 0.4) is 0 Å². The number of hydrogen-bond donors (Lipinski definition) is 1. The smallest absolute Gasteiger partial charge is 0.230 e. The lowest BCUT2D eigenvalue weighted by atomic mass is 10.2. The average Bonchev–Trinajstić information content (AvgIpc) is 3.29. The molecule has 0 saturated carbocycles. The van der Waals surface area contributed by atoms with Gasteiger partial charge in [-0.1, -0.05) is 55.9 Å². The molecule has 0 aliphatic carbocycles. The molecule has 1 amide bonds. The Kier molecular flexibility index (Phi) is 6.12. The monoisotopic (exact) mass is 370 g/mol. The fourth-order valence-corrected chi connectivity index (χ4v) is 3.16. The molecule has 0 radical (unpaired) electrons. The maximum atomic E-state index is 12.0. The van der Waals surface area contributed by atoms with E-state index in [-0.39, 0.29) is 5.91 Å². The normalized spacial score (nSPS) is 11.0. The first kappa shape index (κ1) is 18.3. The minimum absolute atomic E-state index is 0.00231. The van der Waals surface area contributed by atoms with Gasteiger partial charge in [-0.2, -0.15) is 0 Å². The van der Waals surface area contributed by atoms with Gasteiger partial charge in [-0.15, -0.1) is 10.2 Å². The van der Waals surface area contributed by atoms with E-state index in [0.717, 1.165) is 17.1 Å².